The van der Waals surface area contributed by atoms with E-state index in [0.29, 0.717) is 6.42 Å². The fourth-order valence-corrected chi connectivity index (χ4v) is 2.30. The molecule has 2 heterocycles. The van der Waals surface area contributed by atoms with Crippen LogP contribution in [-0.4, -0.2) is 32.7 Å². The van der Waals surface area contributed by atoms with E-state index in [1.165, 1.54) is 0 Å². The van der Waals surface area contributed by atoms with Gasteiger partial charge in [0.2, 0.25) is 5.95 Å². The van der Waals surface area contributed by atoms with Crippen LogP contribution in [0.15, 0.2) is 12.4 Å². The molecule has 16 heavy (non-hydrogen) atoms. The summed E-state index contributed by atoms with van der Waals surface area (Å²) in [5.74, 6) is 0.000512. The molecule has 1 aromatic rings. The van der Waals surface area contributed by atoms with E-state index >= 15 is 0 Å². The van der Waals surface area contributed by atoms with E-state index in [9.17, 15) is 9.90 Å². The Kier molecular flexibility index (Phi) is 2.61. The molecule has 1 saturated heterocycles. The summed E-state index contributed by atoms with van der Waals surface area (Å²) >= 11 is 0. The molecular weight excluding hydrogens is 206 g/mol. The first-order valence-corrected chi connectivity index (χ1v) is 5.62. The molecule has 0 aliphatic carbocycles. The van der Waals surface area contributed by atoms with Crippen LogP contribution in [0.4, 0.5) is 5.95 Å². The van der Waals surface area contributed by atoms with Crippen LogP contribution in [-0.2, 0) is 11.3 Å². The van der Waals surface area contributed by atoms with Crippen molar-refractivity contribution in [1.29, 1.82) is 0 Å². The Morgan fingerprint density at radius 2 is 2.44 bits per heavy atom. The Morgan fingerprint density at radius 3 is 3.06 bits per heavy atom. The van der Waals surface area contributed by atoms with E-state index in [2.05, 4.69) is 4.98 Å². The maximum atomic E-state index is 11.3. The standard InChI is InChI=1S/C11H17N3O2/c1-3-13-8-6-12-10(13)14-7-4-5-11(14,2)9(15)16/h6,8H,3-5,7H2,1-2H3,(H,15,16). The number of hydrogen-bond acceptors (Lipinski definition) is 3. The van der Waals surface area contributed by atoms with Crippen molar-refractivity contribution in [3.05, 3.63) is 12.4 Å². The third-order valence-electron chi connectivity index (χ3n) is 3.38. The Labute approximate surface area is 94.7 Å². The molecule has 5 nitrogen and oxygen atoms in total. The number of nitrogens with zero attached hydrogens (tertiary/aromatic N) is 3. The van der Waals surface area contributed by atoms with Crippen molar-refractivity contribution >= 4 is 11.9 Å². The van der Waals surface area contributed by atoms with E-state index in [-0.39, 0.29) is 0 Å². The van der Waals surface area contributed by atoms with Gasteiger partial charge in [-0.15, -0.1) is 0 Å². The molecule has 1 unspecified atom stereocenters. The van der Waals surface area contributed by atoms with Crippen molar-refractivity contribution in [3.63, 3.8) is 0 Å². The van der Waals surface area contributed by atoms with Gasteiger partial charge in [-0.25, -0.2) is 9.78 Å². The van der Waals surface area contributed by atoms with Gasteiger partial charge in [-0.05, 0) is 26.7 Å². The molecule has 2 rings (SSSR count). The number of anilines is 1. The molecular formula is C11H17N3O2. The lowest BCUT2D eigenvalue weighted by atomic mass is 10.00. The van der Waals surface area contributed by atoms with E-state index < -0.39 is 11.5 Å². The molecule has 1 N–H and O–H groups in total. The molecule has 0 amide bonds. The van der Waals surface area contributed by atoms with Crippen LogP contribution in [0.25, 0.3) is 0 Å². The highest BCUT2D eigenvalue weighted by atomic mass is 16.4. The maximum absolute atomic E-state index is 11.3. The quantitative estimate of drug-likeness (QED) is 0.840. The highest BCUT2D eigenvalue weighted by Gasteiger charge is 2.44. The number of aromatic nitrogens is 2. The normalized spacial score (nSPS) is 25.0. The van der Waals surface area contributed by atoms with Crippen molar-refractivity contribution in [3.8, 4) is 0 Å². The maximum Gasteiger partial charge on any atom is 0.329 e. The number of hydrogen-bond donors (Lipinski definition) is 1. The Bertz CT molecular complexity index is 402. The zero-order valence-corrected chi connectivity index (χ0v) is 9.68. The fraction of sp³-hybridized carbons (Fsp3) is 0.636. The van der Waals surface area contributed by atoms with Crippen molar-refractivity contribution in [2.45, 2.75) is 38.8 Å². The van der Waals surface area contributed by atoms with Gasteiger partial charge in [-0.1, -0.05) is 0 Å². The summed E-state index contributed by atoms with van der Waals surface area (Å²) in [5, 5.41) is 9.33. The van der Waals surface area contributed by atoms with Gasteiger partial charge in [0.15, 0.2) is 0 Å². The molecule has 0 spiro atoms. The van der Waals surface area contributed by atoms with Gasteiger partial charge in [0.05, 0.1) is 0 Å². The molecule has 1 aliphatic heterocycles. The van der Waals surface area contributed by atoms with E-state index in [1.54, 1.807) is 13.1 Å². The minimum Gasteiger partial charge on any atom is -0.480 e. The van der Waals surface area contributed by atoms with E-state index in [0.717, 1.165) is 25.5 Å². The summed E-state index contributed by atoms with van der Waals surface area (Å²) in [4.78, 5) is 17.5. The topological polar surface area (TPSA) is 58.4 Å². The number of rotatable bonds is 3. The van der Waals surface area contributed by atoms with Crippen LogP contribution in [0.5, 0.6) is 0 Å². The summed E-state index contributed by atoms with van der Waals surface area (Å²) in [7, 11) is 0. The first-order valence-electron chi connectivity index (χ1n) is 5.62. The van der Waals surface area contributed by atoms with Gasteiger partial charge in [0, 0.05) is 25.5 Å². The second-order valence-electron chi connectivity index (χ2n) is 4.35. The number of carboxylic acids is 1. The second kappa shape index (κ2) is 3.81. The highest BCUT2D eigenvalue weighted by Crippen LogP contribution is 2.33. The molecule has 0 saturated carbocycles. The SMILES string of the molecule is CCn1ccnc1N1CCCC1(C)C(=O)O. The number of carboxylic acid groups (broad SMARTS) is 1. The summed E-state index contributed by atoms with van der Waals surface area (Å²) in [6.45, 7) is 5.37. The lowest BCUT2D eigenvalue weighted by Crippen LogP contribution is -2.49. The van der Waals surface area contributed by atoms with Crippen LogP contribution < -0.4 is 4.90 Å². The molecule has 1 atom stereocenters. The fourth-order valence-electron chi connectivity index (χ4n) is 2.30. The lowest BCUT2D eigenvalue weighted by Gasteiger charge is -2.32. The highest BCUT2D eigenvalue weighted by molar-refractivity contribution is 5.83. The Hall–Kier alpha value is -1.52. The predicted molar refractivity (Wildman–Crippen MR) is 60.5 cm³/mol. The average Bonchev–Trinajstić information content (AvgIpc) is 2.83. The van der Waals surface area contributed by atoms with E-state index in [4.69, 9.17) is 0 Å². The second-order valence-corrected chi connectivity index (χ2v) is 4.35. The van der Waals surface area contributed by atoms with Crippen LogP contribution in [0, 0.1) is 0 Å². The third-order valence-corrected chi connectivity index (χ3v) is 3.38. The summed E-state index contributed by atoms with van der Waals surface area (Å²) < 4.78 is 1.98. The van der Waals surface area contributed by atoms with Crippen molar-refractivity contribution in [2.24, 2.45) is 0 Å². The van der Waals surface area contributed by atoms with Crippen molar-refractivity contribution in [2.75, 3.05) is 11.4 Å². The summed E-state index contributed by atoms with van der Waals surface area (Å²) in [5.41, 5.74) is -0.807. The van der Waals surface area contributed by atoms with Gasteiger partial charge in [-0.2, -0.15) is 0 Å². The van der Waals surface area contributed by atoms with Gasteiger partial charge < -0.3 is 14.6 Å². The van der Waals surface area contributed by atoms with Gasteiger partial charge in [-0.3, -0.25) is 0 Å². The monoisotopic (exact) mass is 223 g/mol. The number of carbonyl (C=O) groups is 1. The molecule has 0 radical (unpaired) electrons. The van der Waals surface area contributed by atoms with Crippen molar-refractivity contribution in [1.82, 2.24) is 9.55 Å². The smallest absolute Gasteiger partial charge is 0.329 e. The van der Waals surface area contributed by atoms with Gasteiger partial charge in [0.25, 0.3) is 0 Å². The van der Waals surface area contributed by atoms with Crippen LogP contribution in [0.1, 0.15) is 26.7 Å². The number of aliphatic carboxylic acids is 1. The van der Waals surface area contributed by atoms with Crippen molar-refractivity contribution < 1.29 is 9.90 Å². The average molecular weight is 223 g/mol. The molecule has 1 fully saturated rings. The number of aryl methyl sites for hydroxylation is 1. The van der Waals surface area contributed by atoms with E-state index in [1.807, 2.05) is 22.6 Å². The zero-order chi connectivity index (χ0) is 11.8. The largest absolute Gasteiger partial charge is 0.480 e. The lowest BCUT2D eigenvalue weighted by molar-refractivity contribution is -0.142. The van der Waals surface area contributed by atoms with Crippen LogP contribution in [0.3, 0.4) is 0 Å². The Balaban J connectivity index is 2.37. The first-order chi connectivity index (χ1) is 7.59. The molecule has 0 aromatic carbocycles. The first kappa shape index (κ1) is 11.0. The minimum absolute atomic E-state index is 0.679. The van der Waals surface area contributed by atoms with Crippen LogP contribution >= 0.6 is 0 Å². The number of imidazole rings is 1. The molecule has 0 bridgehead atoms. The van der Waals surface area contributed by atoms with Gasteiger partial charge in [0.1, 0.15) is 5.54 Å². The molecule has 1 aromatic heterocycles. The third kappa shape index (κ3) is 1.47. The van der Waals surface area contributed by atoms with Gasteiger partial charge >= 0.3 is 5.97 Å². The predicted octanol–water partition coefficient (Wildman–Crippen LogP) is 1.35. The zero-order valence-electron chi connectivity index (χ0n) is 9.68. The van der Waals surface area contributed by atoms with Crippen LogP contribution in [0.2, 0.25) is 0 Å². The Morgan fingerprint density at radius 1 is 1.69 bits per heavy atom. The minimum atomic E-state index is -0.807. The molecule has 88 valence electrons. The molecule has 5 heteroatoms. The summed E-state index contributed by atoms with van der Waals surface area (Å²) in [6, 6.07) is 0. The summed E-state index contributed by atoms with van der Waals surface area (Å²) in [6.07, 6.45) is 5.19. The molecule has 1 aliphatic rings.